The lowest BCUT2D eigenvalue weighted by molar-refractivity contribution is 0.0792. The Morgan fingerprint density at radius 1 is 0.900 bits per heavy atom. The topological polar surface area (TPSA) is 60.9 Å². The molecule has 2 aliphatic rings. The second kappa shape index (κ2) is 8.88. The van der Waals surface area contributed by atoms with Crippen LogP contribution in [0.5, 0.6) is 0 Å². The lowest BCUT2D eigenvalue weighted by Gasteiger charge is -2.34. The summed E-state index contributed by atoms with van der Waals surface area (Å²) in [5, 5.41) is 0. The number of amides is 1. The number of aryl methyl sites for hydroxylation is 1. The second-order valence-corrected chi connectivity index (χ2v) is 10.1. The van der Waals surface area contributed by atoms with Crippen molar-refractivity contribution < 1.29 is 13.2 Å². The largest absolute Gasteiger partial charge is 0.339 e. The summed E-state index contributed by atoms with van der Waals surface area (Å²) in [7, 11) is -3.45. The molecular formula is C23H29N3O3S. The molecule has 1 amide bonds. The van der Waals surface area contributed by atoms with Crippen molar-refractivity contribution >= 4 is 15.9 Å². The number of nitrogens with zero attached hydrogens (tertiary/aromatic N) is 3. The molecule has 0 aromatic heterocycles. The first-order chi connectivity index (χ1) is 14.4. The van der Waals surface area contributed by atoms with E-state index in [-0.39, 0.29) is 5.91 Å². The molecule has 0 radical (unpaired) electrons. The maximum atomic E-state index is 12.9. The molecular weight excluding hydrogens is 398 g/mol. The van der Waals surface area contributed by atoms with Gasteiger partial charge in [0.1, 0.15) is 0 Å². The molecule has 2 aromatic carbocycles. The first-order valence-corrected chi connectivity index (χ1v) is 12.0. The molecule has 2 heterocycles. The van der Waals surface area contributed by atoms with E-state index in [1.807, 2.05) is 48.2 Å². The van der Waals surface area contributed by atoms with Crippen molar-refractivity contribution in [3.8, 4) is 0 Å². The van der Waals surface area contributed by atoms with Gasteiger partial charge in [-0.1, -0.05) is 29.8 Å². The van der Waals surface area contributed by atoms with Gasteiger partial charge in [-0.3, -0.25) is 9.69 Å². The number of benzene rings is 2. The van der Waals surface area contributed by atoms with Gasteiger partial charge in [0.25, 0.3) is 5.91 Å². The summed E-state index contributed by atoms with van der Waals surface area (Å²) in [5.41, 5.74) is 2.88. The van der Waals surface area contributed by atoms with Crippen LogP contribution in [0.3, 0.4) is 0 Å². The molecule has 0 spiro atoms. The summed E-state index contributed by atoms with van der Waals surface area (Å²) < 4.78 is 27.3. The number of hydrogen-bond acceptors (Lipinski definition) is 4. The molecule has 0 aliphatic carbocycles. The third-order valence-electron chi connectivity index (χ3n) is 5.96. The Morgan fingerprint density at radius 3 is 2.23 bits per heavy atom. The number of carbonyl (C=O) groups is 1. The van der Waals surface area contributed by atoms with Gasteiger partial charge >= 0.3 is 0 Å². The van der Waals surface area contributed by atoms with E-state index in [2.05, 4.69) is 4.90 Å². The van der Waals surface area contributed by atoms with E-state index in [0.717, 1.165) is 49.2 Å². The van der Waals surface area contributed by atoms with Gasteiger partial charge < -0.3 is 4.90 Å². The van der Waals surface area contributed by atoms with E-state index in [1.165, 1.54) is 0 Å². The molecule has 7 heteroatoms. The van der Waals surface area contributed by atoms with Gasteiger partial charge in [-0.05, 0) is 49.6 Å². The predicted molar refractivity (Wildman–Crippen MR) is 117 cm³/mol. The predicted octanol–water partition coefficient (Wildman–Crippen LogP) is 2.74. The summed E-state index contributed by atoms with van der Waals surface area (Å²) >= 11 is 0. The maximum absolute atomic E-state index is 12.9. The first kappa shape index (κ1) is 21.0. The van der Waals surface area contributed by atoms with Crippen LogP contribution in [0.4, 0.5) is 0 Å². The molecule has 4 rings (SSSR count). The van der Waals surface area contributed by atoms with Crippen molar-refractivity contribution in [2.45, 2.75) is 31.2 Å². The zero-order valence-corrected chi connectivity index (χ0v) is 18.3. The lowest BCUT2D eigenvalue weighted by Crippen LogP contribution is -2.48. The average Bonchev–Trinajstić information content (AvgIpc) is 3.29. The third kappa shape index (κ3) is 4.58. The Hall–Kier alpha value is -2.22. The van der Waals surface area contributed by atoms with Crippen molar-refractivity contribution in [2.24, 2.45) is 0 Å². The maximum Gasteiger partial charge on any atom is 0.253 e. The molecule has 0 N–H and O–H groups in total. The Kier molecular flexibility index (Phi) is 6.22. The molecule has 2 saturated heterocycles. The Bertz CT molecular complexity index is 991. The molecule has 0 unspecified atom stereocenters. The normalized spacial score (nSPS) is 18.6. The molecule has 2 aliphatic heterocycles. The highest BCUT2D eigenvalue weighted by Crippen LogP contribution is 2.20. The van der Waals surface area contributed by atoms with Crippen LogP contribution in [0.2, 0.25) is 0 Å². The van der Waals surface area contributed by atoms with Gasteiger partial charge in [0.2, 0.25) is 10.0 Å². The third-order valence-corrected chi connectivity index (χ3v) is 7.88. The van der Waals surface area contributed by atoms with Crippen LogP contribution in [0.15, 0.2) is 53.4 Å². The zero-order valence-electron chi connectivity index (χ0n) is 17.5. The van der Waals surface area contributed by atoms with Crippen molar-refractivity contribution in [3.63, 3.8) is 0 Å². The molecule has 30 heavy (non-hydrogen) atoms. The SMILES string of the molecule is Cc1ccc(S(=O)(=O)N2CCN(Cc3cccc(C(=O)N4CCCC4)c3)CC2)cc1. The number of likely N-dealkylation sites (tertiary alicyclic amines) is 1. The summed E-state index contributed by atoms with van der Waals surface area (Å²) in [4.78, 5) is 17.2. The summed E-state index contributed by atoms with van der Waals surface area (Å²) in [5.74, 6) is 0.114. The van der Waals surface area contributed by atoms with Gasteiger partial charge in [0, 0.05) is 51.4 Å². The van der Waals surface area contributed by atoms with Gasteiger partial charge in [0.15, 0.2) is 0 Å². The van der Waals surface area contributed by atoms with E-state index < -0.39 is 10.0 Å². The van der Waals surface area contributed by atoms with Crippen molar-refractivity contribution in [3.05, 3.63) is 65.2 Å². The summed E-state index contributed by atoms with van der Waals surface area (Å²) in [6.07, 6.45) is 2.17. The molecule has 2 fully saturated rings. The number of piperazine rings is 1. The molecule has 0 atom stereocenters. The standard InChI is InChI=1S/C23H29N3O3S/c1-19-7-9-22(10-8-19)30(28,29)26-15-13-24(14-16-26)18-20-5-4-6-21(17-20)23(27)25-11-2-3-12-25/h4-10,17H,2-3,11-16,18H2,1H3. The first-order valence-electron chi connectivity index (χ1n) is 10.6. The Morgan fingerprint density at radius 2 is 1.57 bits per heavy atom. The second-order valence-electron chi connectivity index (χ2n) is 8.19. The van der Waals surface area contributed by atoms with Crippen molar-refractivity contribution in [1.82, 2.24) is 14.1 Å². The van der Waals surface area contributed by atoms with Crippen LogP contribution in [0.25, 0.3) is 0 Å². The van der Waals surface area contributed by atoms with Gasteiger partial charge in [-0.25, -0.2) is 8.42 Å². The fraction of sp³-hybridized carbons (Fsp3) is 0.435. The van der Waals surface area contributed by atoms with Gasteiger partial charge in [-0.2, -0.15) is 4.31 Å². The minimum atomic E-state index is -3.45. The van der Waals surface area contributed by atoms with Crippen LogP contribution in [-0.2, 0) is 16.6 Å². The number of hydrogen-bond donors (Lipinski definition) is 0. The van der Waals surface area contributed by atoms with Gasteiger partial charge in [0.05, 0.1) is 4.90 Å². The Labute approximate surface area is 179 Å². The Balaban J connectivity index is 1.36. The van der Waals surface area contributed by atoms with Crippen LogP contribution in [0.1, 0.15) is 34.3 Å². The van der Waals surface area contributed by atoms with E-state index in [0.29, 0.717) is 31.1 Å². The molecule has 2 aromatic rings. The number of sulfonamides is 1. The van der Waals surface area contributed by atoms with Crippen LogP contribution in [0, 0.1) is 6.92 Å². The van der Waals surface area contributed by atoms with E-state index in [4.69, 9.17) is 0 Å². The smallest absolute Gasteiger partial charge is 0.253 e. The highest BCUT2D eigenvalue weighted by Gasteiger charge is 2.28. The molecule has 0 bridgehead atoms. The van der Waals surface area contributed by atoms with Gasteiger partial charge in [-0.15, -0.1) is 0 Å². The fourth-order valence-corrected chi connectivity index (χ4v) is 5.57. The summed E-state index contributed by atoms with van der Waals surface area (Å²) in [6.45, 7) is 6.67. The van der Waals surface area contributed by atoms with E-state index in [1.54, 1.807) is 16.4 Å². The minimum absolute atomic E-state index is 0.114. The average molecular weight is 428 g/mol. The van der Waals surface area contributed by atoms with Crippen molar-refractivity contribution in [2.75, 3.05) is 39.3 Å². The van der Waals surface area contributed by atoms with E-state index in [9.17, 15) is 13.2 Å². The highest BCUT2D eigenvalue weighted by molar-refractivity contribution is 7.89. The molecule has 160 valence electrons. The molecule has 0 saturated carbocycles. The summed E-state index contributed by atoms with van der Waals surface area (Å²) in [6, 6.07) is 14.9. The van der Waals surface area contributed by atoms with Crippen LogP contribution in [-0.4, -0.2) is 67.7 Å². The minimum Gasteiger partial charge on any atom is -0.339 e. The van der Waals surface area contributed by atoms with Crippen molar-refractivity contribution in [1.29, 1.82) is 0 Å². The number of rotatable bonds is 5. The van der Waals surface area contributed by atoms with Crippen LogP contribution < -0.4 is 0 Å². The highest BCUT2D eigenvalue weighted by atomic mass is 32.2. The van der Waals surface area contributed by atoms with E-state index >= 15 is 0 Å². The zero-order chi connectivity index (χ0) is 21.1. The number of carbonyl (C=O) groups excluding carboxylic acids is 1. The lowest BCUT2D eigenvalue weighted by atomic mass is 10.1. The monoisotopic (exact) mass is 427 g/mol. The van der Waals surface area contributed by atoms with Crippen LogP contribution >= 0.6 is 0 Å². The fourth-order valence-electron chi connectivity index (χ4n) is 4.15. The molecule has 6 nitrogen and oxygen atoms in total. The quantitative estimate of drug-likeness (QED) is 0.736.